The third-order valence-corrected chi connectivity index (χ3v) is 1.79. The van der Waals surface area contributed by atoms with Crippen LogP contribution in [0.1, 0.15) is 0 Å². The Balaban J connectivity index is 5.74. The molecule has 0 aliphatic carbocycles. The summed E-state index contributed by atoms with van der Waals surface area (Å²) in [6.45, 7) is 0. The lowest BCUT2D eigenvalue weighted by molar-refractivity contribution is -0.273. The molecule has 0 aromatic heterocycles. The average molecular weight is 378 g/mol. The summed E-state index contributed by atoms with van der Waals surface area (Å²) in [5.74, 6) is -21.8. The van der Waals surface area contributed by atoms with E-state index in [-0.39, 0.29) is 0 Å². The standard InChI is InChI=1S/C8F14O/c9-1(5(13,14)7(17,18)19)3(11)23-4(12)2(10)6(15,16)8(20,21)22. The van der Waals surface area contributed by atoms with Crippen LogP contribution >= 0.6 is 0 Å². The van der Waals surface area contributed by atoms with Crippen molar-refractivity contribution in [1.29, 1.82) is 0 Å². The lowest BCUT2D eigenvalue weighted by Gasteiger charge is -2.19. The molecule has 0 aliphatic heterocycles. The fourth-order valence-corrected chi connectivity index (χ4v) is 0.664. The molecule has 0 atom stereocenters. The molecule has 0 heterocycles. The van der Waals surface area contributed by atoms with Gasteiger partial charge in [0.05, 0.1) is 0 Å². The lowest BCUT2D eigenvalue weighted by atomic mass is 10.3. The van der Waals surface area contributed by atoms with Gasteiger partial charge in [-0.2, -0.15) is 61.5 Å². The van der Waals surface area contributed by atoms with Crippen molar-refractivity contribution < 1.29 is 66.2 Å². The molecule has 0 saturated heterocycles. The van der Waals surface area contributed by atoms with Crippen LogP contribution in [-0.4, -0.2) is 24.2 Å². The van der Waals surface area contributed by atoms with Crippen LogP contribution < -0.4 is 0 Å². The smallest absolute Gasteiger partial charge is 0.400 e. The first-order valence-electron chi connectivity index (χ1n) is 4.55. The van der Waals surface area contributed by atoms with Crippen LogP contribution in [0.15, 0.2) is 23.7 Å². The Hall–Kier alpha value is -1.70. The number of hydrogen-bond donors (Lipinski definition) is 0. The number of rotatable bonds is 4. The highest BCUT2D eigenvalue weighted by Crippen LogP contribution is 2.45. The molecule has 0 N–H and O–H groups in total. The second kappa shape index (κ2) is 6.07. The summed E-state index contributed by atoms with van der Waals surface area (Å²) >= 11 is 0. The summed E-state index contributed by atoms with van der Waals surface area (Å²) in [5.41, 5.74) is 0. The molecule has 0 bridgehead atoms. The molecule has 0 spiro atoms. The maximum absolute atomic E-state index is 12.5. The molecule has 15 heteroatoms. The third kappa shape index (κ3) is 4.19. The fourth-order valence-electron chi connectivity index (χ4n) is 0.664. The van der Waals surface area contributed by atoms with E-state index in [0.717, 1.165) is 0 Å². The molecule has 23 heavy (non-hydrogen) atoms. The second-order valence-electron chi connectivity index (χ2n) is 3.42. The summed E-state index contributed by atoms with van der Waals surface area (Å²) in [7, 11) is 0. The predicted octanol–water partition coefficient (Wildman–Crippen LogP) is 5.61. The molecule has 0 aromatic rings. The van der Waals surface area contributed by atoms with Crippen molar-refractivity contribution in [2.75, 3.05) is 0 Å². The molecule has 0 amide bonds. The largest absolute Gasteiger partial charge is 0.460 e. The van der Waals surface area contributed by atoms with Gasteiger partial charge < -0.3 is 4.74 Å². The van der Waals surface area contributed by atoms with Crippen LogP contribution in [0, 0.1) is 0 Å². The van der Waals surface area contributed by atoms with Crippen LogP contribution in [-0.2, 0) is 4.74 Å². The molecule has 0 aromatic carbocycles. The van der Waals surface area contributed by atoms with E-state index in [1.54, 1.807) is 0 Å². The van der Waals surface area contributed by atoms with Crippen molar-refractivity contribution >= 4 is 0 Å². The van der Waals surface area contributed by atoms with Crippen molar-refractivity contribution in [2.24, 2.45) is 0 Å². The Morgan fingerprint density at radius 1 is 0.478 bits per heavy atom. The monoisotopic (exact) mass is 378 g/mol. The van der Waals surface area contributed by atoms with Crippen LogP contribution in [0.5, 0.6) is 0 Å². The molecule has 1 nitrogen and oxygen atoms in total. The van der Waals surface area contributed by atoms with Crippen molar-refractivity contribution in [2.45, 2.75) is 24.2 Å². The van der Waals surface area contributed by atoms with Gasteiger partial charge in [0, 0.05) is 0 Å². The van der Waals surface area contributed by atoms with E-state index >= 15 is 0 Å². The minimum Gasteiger partial charge on any atom is -0.400 e. The summed E-state index contributed by atoms with van der Waals surface area (Å²) in [6.07, 6.45) is -13.6. The van der Waals surface area contributed by atoms with Gasteiger partial charge in [-0.25, -0.2) is 0 Å². The highest BCUT2D eigenvalue weighted by Gasteiger charge is 2.64. The van der Waals surface area contributed by atoms with Gasteiger partial charge >= 0.3 is 36.2 Å². The van der Waals surface area contributed by atoms with Gasteiger partial charge in [-0.05, 0) is 0 Å². The lowest BCUT2D eigenvalue weighted by Crippen LogP contribution is -2.38. The van der Waals surface area contributed by atoms with E-state index in [9.17, 15) is 61.5 Å². The zero-order chi connectivity index (χ0) is 19.0. The van der Waals surface area contributed by atoms with Gasteiger partial charge in [-0.15, -0.1) is 0 Å². The average Bonchev–Trinajstić information content (AvgIpc) is 2.33. The van der Waals surface area contributed by atoms with Crippen molar-refractivity contribution in [3.63, 3.8) is 0 Å². The van der Waals surface area contributed by atoms with Crippen LogP contribution in [0.4, 0.5) is 61.5 Å². The summed E-state index contributed by atoms with van der Waals surface area (Å²) in [6, 6.07) is -7.84. The fraction of sp³-hybridized carbons (Fsp3) is 0.500. The van der Waals surface area contributed by atoms with Crippen molar-refractivity contribution in [3.8, 4) is 0 Å². The van der Waals surface area contributed by atoms with E-state index in [2.05, 4.69) is 4.74 Å². The predicted molar refractivity (Wildman–Crippen MR) is 41.6 cm³/mol. The zero-order valence-corrected chi connectivity index (χ0v) is 9.70. The number of allylic oxidation sites excluding steroid dienone is 2. The zero-order valence-electron chi connectivity index (χ0n) is 9.70. The normalized spacial score (nSPS) is 16.8. The van der Waals surface area contributed by atoms with Gasteiger partial charge in [-0.1, -0.05) is 0 Å². The highest BCUT2D eigenvalue weighted by atomic mass is 19.4. The summed E-state index contributed by atoms with van der Waals surface area (Å²) < 4.78 is 170. The van der Waals surface area contributed by atoms with Gasteiger partial charge in [0.25, 0.3) is 11.7 Å². The Labute approximate surface area is 115 Å². The Bertz CT molecular complexity index is 460. The van der Waals surface area contributed by atoms with Gasteiger partial charge in [0.1, 0.15) is 0 Å². The maximum atomic E-state index is 12.5. The second-order valence-corrected chi connectivity index (χ2v) is 3.42. The van der Waals surface area contributed by atoms with Gasteiger partial charge in [-0.3, -0.25) is 0 Å². The van der Waals surface area contributed by atoms with Crippen LogP contribution in [0.25, 0.3) is 0 Å². The number of ether oxygens (including phenoxy) is 1. The molecule has 0 saturated carbocycles. The van der Waals surface area contributed by atoms with Gasteiger partial charge in [0.15, 0.2) is 0 Å². The van der Waals surface area contributed by atoms with E-state index in [1.807, 2.05) is 0 Å². The molecule has 136 valence electrons. The Morgan fingerprint density at radius 2 is 0.696 bits per heavy atom. The number of alkyl halides is 10. The topological polar surface area (TPSA) is 9.23 Å². The molecule has 0 radical (unpaired) electrons. The Kier molecular flexibility index (Phi) is 5.62. The molecule has 0 rings (SSSR count). The quantitative estimate of drug-likeness (QED) is 0.456. The first-order valence-corrected chi connectivity index (χ1v) is 4.55. The van der Waals surface area contributed by atoms with E-state index in [4.69, 9.17) is 0 Å². The van der Waals surface area contributed by atoms with E-state index in [0.29, 0.717) is 0 Å². The third-order valence-electron chi connectivity index (χ3n) is 1.79. The molecular weight excluding hydrogens is 378 g/mol. The number of hydrogen-bond acceptors (Lipinski definition) is 1. The van der Waals surface area contributed by atoms with Gasteiger partial charge in [0.2, 0.25) is 0 Å². The summed E-state index contributed by atoms with van der Waals surface area (Å²) in [4.78, 5) is 0. The van der Waals surface area contributed by atoms with Crippen LogP contribution in [0.3, 0.4) is 0 Å². The minimum atomic E-state index is -6.80. The highest BCUT2D eigenvalue weighted by molar-refractivity contribution is 5.13. The maximum Gasteiger partial charge on any atom is 0.460 e. The van der Waals surface area contributed by atoms with E-state index < -0.39 is 47.9 Å². The number of halogens is 14. The molecule has 0 fully saturated rings. The molecular formula is C8F14O. The molecule has 0 aliphatic rings. The van der Waals surface area contributed by atoms with E-state index in [1.165, 1.54) is 0 Å². The van der Waals surface area contributed by atoms with Crippen molar-refractivity contribution in [1.82, 2.24) is 0 Å². The van der Waals surface area contributed by atoms with Crippen LogP contribution in [0.2, 0.25) is 0 Å². The minimum absolute atomic E-state index is 2.25. The Morgan fingerprint density at radius 3 is 0.870 bits per heavy atom. The summed E-state index contributed by atoms with van der Waals surface area (Å²) in [5, 5.41) is 0. The SMILES string of the molecule is FC(OC(F)=C(F)C(F)(F)C(F)(F)F)=C(F)C(F)(F)C(F)(F)F. The van der Waals surface area contributed by atoms with Crippen molar-refractivity contribution in [3.05, 3.63) is 23.7 Å². The first kappa shape index (κ1) is 21.3. The first-order chi connectivity index (χ1) is 9.87. The molecule has 0 unspecified atom stereocenters.